The number of fused-ring (bicyclic) bond motifs is 1. The van der Waals surface area contributed by atoms with Gasteiger partial charge in [-0.1, -0.05) is 23.2 Å². The summed E-state index contributed by atoms with van der Waals surface area (Å²) < 4.78 is -0.347. The molecule has 3 nitrogen and oxygen atoms in total. The fourth-order valence-electron chi connectivity index (χ4n) is 2.11. The molecule has 0 amide bonds. The Kier molecular flexibility index (Phi) is 3.05. The summed E-state index contributed by atoms with van der Waals surface area (Å²) in [6.45, 7) is 5.57. The van der Waals surface area contributed by atoms with E-state index < -0.39 is 0 Å². The Hall–Kier alpha value is -0.480. The Labute approximate surface area is 105 Å². The molecule has 1 atom stereocenters. The van der Waals surface area contributed by atoms with Gasteiger partial charge in [0.25, 0.3) is 0 Å². The lowest BCUT2D eigenvalue weighted by molar-refractivity contribution is 0.412. The maximum atomic E-state index is 12.5. The molecule has 1 aromatic carbocycles. The molecular weight excluding hydrogens is 247 g/mol. The van der Waals surface area contributed by atoms with Crippen LogP contribution in [0.5, 0.6) is 0 Å². The molecule has 0 radical (unpaired) electrons. The van der Waals surface area contributed by atoms with E-state index in [4.69, 9.17) is 23.2 Å². The summed E-state index contributed by atoms with van der Waals surface area (Å²) in [5.74, 6) is 0. The summed E-state index contributed by atoms with van der Waals surface area (Å²) >= 11 is 12.2. The van der Waals surface area contributed by atoms with Crippen LogP contribution in [-0.2, 0) is 0 Å². The molecule has 0 spiro atoms. The lowest BCUT2D eigenvalue weighted by Crippen LogP contribution is -2.45. The van der Waals surface area contributed by atoms with Crippen molar-refractivity contribution in [2.75, 3.05) is 24.7 Å². The highest BCUT2D eigenvalue weighted by Gasteiger charge is 2.36. The van der Waals surface area contributed by atoms with Crippen molar-refractivity contribution in [3.05, 3.63) is 27.4 Å². The van der Waals surface area contributed by atoms with E-state index in [1.807, 2.05) is 18.7 Å². The van der Waals surface area contributed by atoms with Crippen LogP contribution in [0.2, 0.25) is 10.0 Å². The number of hydrogen-bond donors (Lipinski definition) is 0. The molecule has 0 aromatic heterocycles. The van der Waals surface area contributed by atoms with E-state index in [2.05, 4.69) is 0 Å². The second kappa shape index (κ2) is 4.08. The normalized spacial score (nSPS) is 23.7. The third-order valence-corrected chi connectivity index (χ3v) is 3.89. The molecular formula is C11H14Cl2N2O. The van der Waals surface area contributed by atoms with Gasteiger partial charge in [0.15, 0.2) is 12.4 Å². The SMILES string of the molecule is CCN1C[N+]([O-])(CC)c2ccc(Cl)c(Cl)c21. The molecule has 0 saturated carbocycles. The van der Waals surface area contributed by atoms with E-state index in [1.165, 1.54) is 0 Å². The van der Waals surface area contributed by atoms with Crippen molar-refractivity contribution in [2.24, 2.45) is 0 Å². The molecule has 0 fully saturated rings. The van der Waals surface area contributed by atoms with E-state index >= 15 is 0 Å². The van der Waals surface area contributed by atoms with Crippen molar-refractivity contribution < 1.29 is 0 Å². The smallest absolute Gasteiger partial charge is 0.159 e. The average Bonchev–Trinajstić information content (AvgIpc) is 2.58. The summed E-state index contributed by atoms with van der Waals surface area (Å²) in [5, 5.41) is 13.5. The third-order valence-electron chi connectivity index (χ3n) is 3.09. The Morgan fingerprint density at radius 1 is 1.38 bits per heavy atom. The van der Waals surface area contributed by atoms with Gasteiger partial charge in [0, 0.05) is 12.6 Å². The molecule has 1 aromatic rings. The van der Waals surface area contributed by atoms with Gasteiger partial charge in [-0.15, -0.1) is 0 Å². The van der Waals surface area contributed by atoms with Crippen LogP contribution in [0.25, 0.3) is 0 Å². The molecule has 2 rings (SSSR count). The predicted octanol–water partition coefficient (Wildman–Crippen LogP) is 3.62. The van der Waals surface area contributed by atoms with Gasteiger partial charge in [0.2, 0.25) is 0 Å². The van der Waals surface area contributed by atoms with Gasteiger partial charge in [-0.3, -0.25) is 0 Å². The van der Waals surface area contributed by atoms with Gasteiger partial charge >= 0.3 is 0 Å². The van der Waals surface area contributed by atoms with E-state index in [0.717, 1.165) is 17.9 Å². The minimum Gasteiger partial charge on any atom is -0.626 e. The minimum atomic E-state index is -0.347. The third kappa shape index (κ3) is 1.59. The van der Waals surface area contributed by atoms with Crippen LogP contribution in [0.4, 0.5) is 11.4 Å². The van der Waals surface area contributed by atoms with Crippen LogP contribution in [0.1, 0.15) is 13.8 Å². The molecule has 88 valence electrons. The van der Waals surface area contributed by atoms with E-state index in [9.17, 15) is 5.21 Å². The molecule has 0 saturated heterocycles. The van der Waals surface area contributed by atoms with Crippen molar-refractivity contribution in [1.29, 1.82) is 0 Å². The van der Waals surface area contributed by atoms with Crippen LogP contribution < -0.4 is 9.55 Å². The zero-order valence-corrected chi connectivity index (χ0v) is 10.8. The highest BCUT2D eigenvalue weighted by molar-refractivity contribution is 6.44. The van der Waals surface area contributed by atoms with Crippen LogP contribution in [-0.4, -0.2) is 19.8 Å². The zero-order chi connectivity index (χ0) is 11.9. The Morgan fingerprint density at radius 2 is 2.06 bits per heavy atom. The number of rotatable bonds is 2. The molecule has 1 unspecified atom stereocenters. The zero-order valence-electron chi connectivity index (χ0n) is 9.33. The topological polar surface area (TPSA) is 26.3 Å². The van der Waals surface area contributed by atoms with Crippen molar-refractivity contribution in [2.45, 2.75) is 13.8 Å². The van der Waals surface area contributed by atoms with Crippen LogP contribution in [0, 0.1) is 5.21 Å². The lowest BCUT2D eigenvalue weighted by atomic mass is 10.2. The molecule has 0 aliphatic carbocycles. The number of hydroxylamine groups is 2. The summed E-state index contributed by atoms with van der Waals surface area (Å²) in [4.78, 5) is 1.99. The van der Waals surface area contributed by atoms with E-state index in [-0.39, 0.29) is 4.65 Å². The molecule has 0 bridgehead atoms. The highest BCUT2D eigenvalue weighted by Crippen LogP contribution is 2.47. The first-order valence-electron chi connectivity index (χ1n) is 5.35. The number of nitrogens with zero attached hydrogens (tertiary/aromatic N) is 2. The van der Waals surface area contributed by atoms with E-state index in [0.29, 0.717) is 23.3 Å². The van der Waals surface area contributed by atoms with Crippen molar-refractivity contribution >= 4 is 34.6 Å². The molecule has 0 N–H and O–H groups in total. The lowest BCUT2D eigenvalue weighted by Gasteiger charge is -2.37. The summed E-state index contributed by atoms with van der Waals surface area (Å²) in [7, 11) is 0. The Morgan fingerprint density at radius 3 is 2.62 bits per heavy atom. The second-order valence-corrected chi connectivity index (χ2v) is 4.72. The standard InChI is InChI=1S/C11H14Cl2N2O/c1-3-14-7-15(16,4-2)9-6-5-8(12)10(13)11(9)14/h5-6H,3-4,7H2,1-2H3. The van der Waals surface area contributed by atoms with E-state index in [1.54, 1.807) is 12.1 Å². The first-order valence-corrected chi connectivity index (χ1v) is 6.10. The summed E-state index contributed by atoms with van der Waals surface area (Å²) in [6.07, 6.45) is 0. The maximum Gasteiger partial charge on any atom is 0.159 e. The number of quaternary nitrogens is 1. The van der Waals surface area contributed by atoms with Crippen molar-refractivity contribution in [1.82, 2.24) is 4.65 Å². The number of benzene rings is 1. The fraction of sp³-hybridized carbons (Fsp3) is 0.455. The second-order valence-electron chi connectivity index (χ2n) is 3.93. The number of anilines is 1. The van der Waals surface area contributed by atoms with Crippen molar-refractivity contribution in [3.63, 3.8) is 0 Å². The molecule has 1 heterocycles. The molecule has 1 aliphatic heterocycles. The minimum absolute atomic E-state index is 0.347. The first kappa shape index (κ1) is 12.0. The number of hydrogen-bond acceptors (Lipinski definition) is 2. The van der Waals surface area contributed by atoms with Gasteiger partial charge in [-0.05, 0) is 19.9 Å². The Balaban J connectivity index is 2.62. The maximum absolute atomic E-state index is 12.5. The summed E-state index contributed by atoms with van der Waals surface area (Å²) in [6, 6.07) is 3.48. The Bertz CT molecular complexity index is 425. The molecule has 16 heavy (non-hydrogen) atoms. The fourth-order valence-corrected chi connectivity index (χ4v) is 2.54. The summed E-state index contributed by atoms with van der Waals surface area (Å²) in [5.41, 5.74) is 1.52. The first-order chi connectivity index (χ1) is 7.53. The predicted molar refractivity (Wildman–Crippen MR) is 70.1 cm³/mol. The number of halogens is 2. The molecule has 1 aliphatic rings. The van der Waals surface area contributed by atoms with Gasteiger partial charge in [-0.2, -0.15) is 0 Å². The average molecular weight is 261 g/mol. The van der Waals surface area contributed by atoms with Crippen LogP contribution in [0.3, 0.4) is 0 Å². The van der Waals surface area contributed by atoms with Gasteiger partial charge in [0.1, 0.15) is 5.69 Å². The van der Waals surface area contributed by atoms with Crippen LogP contribution >= 0.6 is 23.2 Å². The van der Waals surface area contributed by atoms with Gasteiger partial charge in [-0.25, -0.2) is 0 Å². The quantitative estimate of drug-likeness (QED) is 0.600. The molecule has 5 heteroatoms. The van der Waals surface area contributed by atoms with Crippen LogP contribution in [0.15, 0.2) is 12.1 Å². The van der Waals surface area contributed by atoms with Gasteiger partial charge < -0.3 is 14.8 Å². The highest BCUT2D eigenvalue weighted by atomic mass is 35.5. The van der Waals surface area contributed by atoms with Crippen molar-refractivity contribution in [3.8, 4) is 0 Å². The monoisotopic (exact) mass is 260 g/mol. The van der Waals surface area contributed by atoms with Gasteiger partial charge in [0.05, 0.1) is 16.6 Å². The largest absolute Gasteiger partial charge is 0.626 e.